The fraction of sp³-hybridized carbons (Fsp3) is 0.476. The summed E-state index contributed by atoms with van der Waals surface area (Å²) < 4.78 is 0. The van der Waals surface area contributed by atoms with Crippen molar-refractivity contribution in [1.82, 2.24) is 14.9 Å². The van der Waals surface area contributed by atoms with Crippen molar-refractivity contribution in [3.8, 4) is 0 Å². The van der Waals surface area contributed by atoms with Gasteiger partial charge in [0.05, 0.1) is 0 Å². The molecule has 27 heavy (non-hydrogen) atoms. The largest absolute Gasteiger partial charge is 0.368 e. The third-order valence-electron chi connectivity index (χ3n) is 5.39. The van der Waals surface area contributed by atoms with Gasteiger partial charge < -0.3 is 14.7 Å². The van der Waals surface area contributed by atoms with Gasteiger partial charge in [-0.25, -0.2) is 9.97 Å². The number of hydrogen-bond acceptors (Lipinski definition) is 5. The van der Waals surface area contributed by atoms with Gasteiger partial charge in [0.15, 0.2) is 0 Å². The van der Waals surface area contributed by atoms with E-state index < -0.39 is 0 Å². The summed E-state index contributed by atoms with van der Waals surface area (Å²) in [6, 6.07) is 8.12. The van der Waals surface area contributed by atoms with Gasteiger partial charge in [-0.1, -0.05) is 12.1 Å². The molecule has 1 aromatic carbocycles. The highest BCUT2D eigenvalue weighted by atomic mass is 16.2. The number of carbonyl (C=O) groups excluding carboxylic acids is 1. The first-order chi connectivity index (χ1) is 13.0. The molecular weight excluding hydrogens is 338 g/mol. The van der Waals surface area contributed by atoms with Crippen LogP contribution in [0.1, 0.15) is 35.5 Å². The van der Waals surface area contributed by atoms with Gasteiger partial charge in [-0.15, -0.1) is 0 Å². The van der Waals surface area contributed by atoms with Gasteiger partial charge in [-0.2, -0.15) is 0 Å². The van der Waals surface area contributed by atoms with Crippen molar-refractivity contribution in [2.45, 2.75) is 27.7 Å². The van der Waals surface area contributed by atoms with Crippen molar-refractivity contribution in [3.63, 3.8) is 0 Å². The van der Waals surface area contributed by atoms with Crippen LogP contribution in [-0.2, 0) is 0 Å². The second kappa shape index (κ2) is 8.37. The summed E-state index contributed by atoms with van der Waals surface area (Å²) in [7, 11) is 0. The Labute approximate surface area is 161 Å². The average Bonchev–Trinajstić information content (AvgIpc) is 2.71. The fourth-order valence-electron chi connectivity index (χ4n) is 3.52. The summed E-state index contributed by atoms with van der Waals surface area (Å²) in [4.78, 5) is 28.0. The highest BCUT2D eigenvalue weighted by molar-refractivity contribution is 5.92. The summed E-state index contributed by atoms with van der Waals surface area (Å²) in [5, 5.41) is 0. The maximum Gasteiger partial charge on any atom is 0.272 e. The van der Waals surface area contributed by atoms with Crippen molar-refractivity contribution < 1.29 is 4.79 Å². The lowest BCUT2D eigenvalue weighted by atomic mass is 10.1. The maximum atomic E-state index is 12.9. The first-order valence-electron chi connectivity index (χ1n) is 9.73. The van der Waals surface area contributed by atoms with Crippen LogP contribution in [0.5, 0.6) is 0 Å². The predicted octanol–water partition coefficient (Wildman–Crippen LogP) is 2.90. The van der Waals surface area contributed by atoms with Crippen LogP contribution in [-0.4, -0.2) is 60.0 Å². The molecule has 2 heterocycles. The third kappa shape index (κ3) is 4.04. The molecule has 6 heteroatoms. The number of piperazine rings is 1. The molecule has 1 amide bonds. The first-order valence-corrected chi connectivity index (χ1v) is 9.73. The van der Waals surface area contributed by atoms with Crippen LogP contribution in [0.4, 0.5) is 11.6 Å². The molecule has 2 aromatic rings. The molecule has 0 unspecified atom stereocenters. The van der Waals surface area contributed by atoms with Crippen LogP contribution >= 0.6 is 0 Å². The molecule has 0 atom stereocenters. The zero-order valence-electron chi connectivity index (χ0n) is 16.8. The van der Waals surface area contributed by atoms with Gasteiger partial charge in [-0.05, 0) is 51.0 Å². The van der Waals surface area contributed by atoms with Crippen LogP contribution in [0.2, 0.25) is 0 Å². The van der Waals surface area contributed by atoms with E-state index in [1.807, 2.05) is 4.90 Å². The van der Waals surface area contributed by atoms with Crippen LogP contribution in [0, 0.1) is 13.8 Å². The lowest BCUT2D eigenvalue weighted by molar-refractivity contribution is 0.0740. The van der Waals surface area contributed by atoms with Gasteiger partial charge in [0.1, 0.15) is 5.69 Å². The topological polar surface area (TPSA) is 52.6 Å². The minimum absolute atomic E-state index is 0.00794. The van der Waals surface area contributed by atoms with E-state index in [-0.39, 0.29) is 5.91 Å². The van der Waals surface area contributed by atoms with E-state index >= 15 is 0 Å². The molecule has 0 N–H and O–H groups in total. The fourth-order valence-corrected chi connectivity index (χ4v) is 3.52. The number of aromatic nitrogens is 2. The van der Waals surface area contributed by atoms with E-state index in [9.17, 15) is 4.79 Å². The summed E-state index contributed by atoms with van der Waals surface area (Å²) in [6.07, 6.45) is 1.68. The third-order valence-corrected chi connectivity index (χ3v) is 5.39. The Hall–Kier alpha value is -2.63. The number of hydrogen-bond donors (Lipinski definition) is 0. The van der Waals surface area contributed by atoms with Gasteiger partial charge >= 0.3 is 0 Å². The summed E-state index contributed by atoms with van der Waals surface area (Å²) in [6.45, 7) is 13.2. The molecule has 1 saturated heterocycles. The zero-order valence-corrected chi connectivity index (χ0v) is 16.8. The summed E-state index contributed by atoms with van der Waals surface area (Å²) in [5.74, 6) is 0.617. The Morgan fingerprint density at radius 1 is 1.07 bits per heavy atom. The molecule has 6 nitrogen and oxygen atoms in total. The van der Waals surface area contributed by atoms with Crippen molar-refractivity contribution in [2.24, 2.45) is 0 Å². The lowest BCUT2D eigenvalue weighted by Crippen LogP contribution is -2.49. The van der Waals surface area contributed by atoms with Crippen molar-refractivity contribution in [3.05, 3.63) is 47.3 Å². The monoisotopic (exact) mass is 367 g/mol. The first kappa shape index (κ1) is 19.1. The Kier molecular flexibility index (Phi) is 5.94. The standard InChI is InChI=1S/C21H29N5O/c1-5-24(6-2)21-22-11-10-18(23-21)20(27)26-14-12-25(13-15-26)19-9-7-8-16(3)17(19)4/h7-11H,5-6,12-15H2,1-4H3. The van der Waals surface area contributed by atoms with Crippen molar-refractivity contribution >= 4 is 17.5 Å². The number of nitrogens with zero attached hydrogens (tertiary/aromatic N) is 5. The van der Waals surface area contributed by atoms with E-state index in [1.54, 1.807) is 12.3 Å². The van der Waals surface area contributed by atoms with Crippen LogP contribution < -0.4 is 9.80 Å². The minimum atomic E-state index is -0.00794. The van der Waals surface area contributed by atoms with Crippen molar-refractivity contribution in [1.29, 1.82) is 0 Å². The Bertz CT molecular complexity index is 795. The van der Waals surface area contributed by atoms with E-state index in [1.165, 1.54) is 16.8 Å². The number of benzene rings is 1. The molecule has 0 bridgehead atoms. The highest BCUT2D eigenvalue weighted by Crippen LogP contribution is 2.24. The SMILES string of the molecule is CCN(CC)c1nccc(C(=O)N2CCN(c3cccc(C)c3C)CC2)n1. The molecule has 0 spiro atoms. The van der Waals surface area contributed by atoms with Crippen LogP contribution in [0.3, 0.4) is 0 Å². The lowest BCUT2D eigenvalue weighted by Gasteiger charge is -2.37. The van der Waals surface area contributed by atoms with Crippen molar-refractivity contribution in [2.75, 3.05) is 49.1 Å². The molecular formula is C21H29N5O. The molecule has 0 aliphatic carbocycles. The predicted molar refractivity (Wildman–Crippen MR) is 110 cm³/mol. The molecule has 1 aliphatic rings. The van der Waals surface area contributed by atoms with Gasteiger partial charge in [0, 0.05) is 51.2 Å². The van der Waals surface area contributed by atoms with E-state index in [0.717, 1.165) is 26.2 Å². The second-order valence-corrected chi connectivity index (χ2v) is 6.91. The van der Waals surface area contributed by atoms with E-state index in [2.05, 4.69) is 65.7 Å². The Morgan fingerprint density at radius 2 is 1.78 bits per heavy atom. The maximum absolute atomic E-state index is 12.9. The average molecular weight is 367 g/mol. The number of anilines is 2. The quantitative estimate of drug-likeness (QED) is 0.813. The van der Waals surface area contributed by atoms with Gasteiger partial charge in [0.2, 0.25) is 5.95 Å². The van der Waals surface area contributed by atoms with E-state index in [4.69, 9.17) is 0 Å². The normalized spacial score (nSPS) is 14.4. The molecule has 144 valence electrons. The smallest absolute Gasteiger partial charge is 0.272 e. The highest BCUT2D eigenvalue weighted by Gasteiger charge is 2.24. The number of aryl methyl sites for hydroxylation is 1. The molecule has 1 fully saturated rings. The Balaban J connectivity index is 1.68. The molecule has 1 aromatic heterocycles. The second-order valence-electron chi connectivity index (χ2n) is 6.91. The number of amides is 1. The van der Waals surface area contributed by atoms with E-state index in [0.29, 0.717) is 24.7 Å². The minimum Gasteiger partial charge on any atom is -0.368 e. The molecule has 0 saturated carbocycles. The molecule has 0 radical (unpaired) electrons. The number of rotatable bonds is 5. The summed E-state index contributed by atoms with van der Waals surface area (Å²) in [5.41, 5.74) is 4.37. The number of carbonyl (C=O) groups is 1. The molecule has 1 aliphatic heterocycles. The van der Waals surface area contributed by atoms with Crippen LogP contribution in [0.25, 0.3) is 0 Å². The molecule has 3 rings (SSSR count). The Morgan fingerprint density at radius 3 is 2.44 bits per heavy atom. The summed E-state index contributed by atoms with van der Waals surface area (Å²) >= 11 is 0. The van der Waals surface area contributed by atoms with Crippen LogP contribution in [0.15, 0.2) is 30.5 Å². The van der Waals surface area contributed by atoms with Gasteiger partial charge in [0.25, 0.3) is 5.91 Å². The van der Waals surface area contributed by atoms with Gasteiger partial charge in [-0.3, -0.25) is 4.79 Å². The zero-order chi connectivity index (χ0) is 19.4.